The van der Waals surface area contributed by atoms with E-state index in [0.717, 1.165) is 24.2 Å². The first kappa shape index (κ1) is 10.6. The molecule has 0 aromatic heterocycles. The summed E-state index contributed by atoms with van der Waals surface area (Å²) < 4.78 is 10.4. The lowest BCUT2D eigenvalue weighted by molar-refractivity contribution is -0.108. The molecule has 0 fully saturated rings. The van der Waals surface area contributed by atoms with E-state index in [1.807, 2.05) is 24.3 Å². The topological polar surface area (TPSA) is 35.5 Å². The number of hydrogen-bond donors (Lipinski definition) is 0. The van der Waals surface area contributed by atoms with Gasteiger partial charge in [-0.1, -0.05) is 0 Å². The summed E-state index contributed by atoms with van der Waals surface area (Å²) in [5.41, 5.74) is 0. The molecule has 0 saturated carbocycles. The van der Waals surface area contributed by atoms with Gasteiger partial charge < -0.3 is 14.3 Å². The lowest BCUT2D eigenvalue weighted by atomic mass is 10.3. The molecule has 1 rings (SSSR count). The van der Waals surface area contributed by atoms with Crippen molar-refractivity contribution in [2.24, 2.45) is 0 Å². The Morgan fingerprint density at radius 3 is 2.79 bits per heavy atom. The van der Waals surface area contributed by atoms with Crippen molar-refractivity contribution < 1.29 is 14.3 Å². The highest BCUT2D eigenvalue weighted by molar-refractivity contribution is 5.49. The maximum atomic E-state index is 10.1. The smallest absolute Gasteiger partial charge is 0.123 e. The van der Waals surface area contributed by atoms with E-state index in [4.69, 9.17) is 9.47 Å². The van der Waals surface area contributed by atoms with E-state index in [0.29, 0.717) is 13.0 Å². The number of rotatable bonds is 5. The predicted molar refractivity (Wildman–Crippen MR) is 53.6 cm³/mol. The molecule has 0 saturated heterocycles. The van der Waals surface area contributed by atoms with Gasteiger partial charge in [0.25, 0.3) is 0 Å². The zero-order valence-corrected chi connectivity index (χ0v) is 8.23. The van der Waals surface area contributed by atoms with Gasteiger partial charge in [-0.3, -0.25) is 0 Å². The van der Waals surface area contributed by atoms with Crippen LogP contribution in [0.5, 0.6) is 0 Å². The molecule has 0 atom stereocenters. The summed E-state index contributed by atoms with van der Waals surface area (Å²) in [7, 11) is 1.63. The molecule has 0 unspecified atom stereocenters. The minimum atomic E-state index is 0.426. The molecule has 0 aromatic rings. The van der Waals surface area contributed by atoms with Crippen LogP contribution in [0.4, 0.5) is 0 Å². The van der Waals surface area contributed by atoms with Crippen LogP contribution in [0.3, 0.4) is 0 Å². The molecule has 0 bridgehead atoms. The predicted octanol–water partition coefficient (Wildman–Crippen LogP) is 1.97. The van der Waals surface area contributed by atoms with Gasteiger partial charge in [0.2, 0.25) is 0 Å². The summed E-state index contributed by atoms with van der Waals surface area (Å²) >= 11 is 0. The highest BCUT2D eigenvalue weighted by Gasteiger charge is 1.98. The van der Waals surface area contributed by atoms with Gasteiger partial charge in [0.15, 0.2) is 0 Å². The molecule has 0 aliphatic heterocycles. The van der Waals surface area contributed by atoms with Crippen molar-refractivity contribution >= 4 is 6.29 Å². The van der Waals surface area contributed by atoms with Crippen molar-refractivity contribution in [3.05, 3.63) is 35.8 Å². The fourth-order valence-corrected chi connectivity index (χ4v) is 1.07. The van der Waals surface area contributed by atoms with Crippen molar-refractivity contribution in [1.29, 1.82) is 0 Å². The van der Waals surface area contributed by atoms with E-state index in [1.165, 1.54) is 0 Å². The average Bonchev–Trinajstić information content (AvgIpc) is 2.43. The van der Waals surface area contributed by atoms with E-state index >= 15 is 0 Å². The van der Waals surface area contributed by atoms with Crippen molar-refractivity contribution in [1.82, 2.24) is 0 Å². The molecule has 0 N–H and O–H groups in total. The Labute approximate surface area is 83.7 Å². The van der Waals surface area contributed by atoms with E-state index in [-0.39, 0.29) is 0 Å². The largest absolute Gasteiger partial charge is 0.497 e. The van der Waals surface area contributed by atoms with Crippen LogP contribution in [-0.2, 0) is 14.3 Å². The van der Waals surface area contributed by atoms with Gasteiger partial charge in [0, 0.05) is 6.42 Å². The average molecular weight is 194 g/mol. The van der Waals surface area contributed by atoms with E-state index in [1.54, 1.807) is 7.11 Å². The molecular weight excluding hydrogens is 180 g/mol. The Kier molecular flexibility index (Phi) is 4.55. The summed E-state index contributed by atoms with van der Waals surface area (Å²) in [4.78, 5) is 10.1. The van der Waals surface area contributed by atoms with Gasteiger partial charge in [0.1, 0.15) is 17.8 Å². The fraction of sp³-hybridized carbons (Fsp3) is 0.364. The standard InChI is InChI=1S/C11H14O3/c1-13-10-4-2-5-11(7-6-10)14-9-3-8-12/h4-8H,2-3,9H2,1H3. The Morgan fingerprint density at radius 2 is 2.07 bits per heavy atom. The second kappa shape index (κ2) is 6.02. The summed E-state index contributed by atoms with van der Waals surface area (Å²) in [5, 5.41) is 0. The molecule has 14 heavy (non-hydrogen) atoms. The first-order chi connectivity index (χ1) is 6.86. The first-order valence-electron chi connectivity index (χ1n) is 4.55. The van der Waals surface area contributed by atoms with Gasteiger partial charge in [-0.15, -0.1) is 0 Å². The third-order valence-corrected chi connectivity index (χ3v) is 1.79. The molecule has 3 nitrogen and oxygen atoms in total. The van der Waals surface area contributed by atoms with Crippen LogP contribution in [0.15, 0.2) is 35.8 Å². The van der Waals surface area contributed by atoms with E-state index in [2.05, 4.69) is 0 Å². The molecule has 1 aliphatic carbocycles. The highest BCUT2D eigenvalue weighted by Crippen LogP contribution is 2.11. The lowest BCUT2D eigenvalue weighted by Crippen LogP contribution is -1.93. The van der Waals surface area contributed by atoms with Gasteiger partial charge in [-0.2, -0.15) is 0 Å². The van der Waals surface area contributed by atoms with Gasteiger partial charge in [-0.05, 0) is 30.7 Å². The number of carbonyl (C=O) groups excluding carboxylic acids is 1. The number of aldehydes is 1. The van der Waals surface area contributed by atoms with Crippen LogP contribution >= 0.6 is 0 Å². The van der Waals surface area contributed by atoms with Crippen molar-refractivity contribution in [3.8, 4) is 0 Å². The summed E-state index contributed by atoms with van der Waals surface area (Å²) in [6.07, 6.45) is 9.66. The molecule has 3 heteroatoms. The van der Waals surface area contributed by atoms with Crippen LogP contribution < -0.4 is 0 Å². The quantitative estimate of drug-likeness (QED) is 0.495. The lowest BCUT2D eigenvalue weighted by Gasteiger charge is -2.03. The third kappa shape index (κ3) is 3.47. The number of ether oxygens (including phenoxy) is 2. The Balaban J connectivity index is 2.42. The van der Waals surface area contributed by atoms with Gasteiger partial charge >= 0.3 is 0 Å². The van der Waals surface area contributed by atoms with Crippen LogP contribution in [0, 0.1) is 0 Å². The molecule has 76 valence electrons. The zero-order chi connectivity index (χ0) is 10.2. The number of methoxy groups -OCH3 is 1. The maximum Gasteiger partial charge on any atom is 0.123 e. The minimum absolute atomic E-state index is 0.426. The normalized spacial score (nSPS) is 15.2. The first-order valence-corrected chi connectivity index (χ1v) is 4.55. The fourth-order valence-electron chi connectivity index (χ4n) is 1.07. The maximum absolute atomic E-state index is 10.1. The SMILES string of the molecule is COC1=CCC=C(OCCC=O)C=C1. The van der Waals surface area contributed by atoms with Crippen molar-refractivity contribution in [2.45, 2.75) is 12.8 Å². The van der Waals surface area contributed by atoms with Crippen molar-refractivity contribution in [2.75, 3.05) is 13.7 Å². The van der Waals surface area contributed by atoms with Crippen molar-refractivity contribution in [3.63, 3.8) is 0 Å². The molecule has 0 spiro atoms. The molecule has 0 heterocycles. The van der Waals surface area contributed by atoms with Crippen LogP contribution in [0.1, 0.15) is 12.8 Å². The summed E-state index contributed by atoms with van der Waals surface area (Å²) in [6.45, 7) is 0.433. The molecule has 0 amide bonds. The zero-order valence-electron chi connectivity index (χ0n) is 8.23. The monoisotopic (exact) mass is 194 g/mol. The number of hydrogen-bond acceptors (Lipinski definition) is 3. The number of allylic oxidation sites excluding steroid dienone is 4. The molecular formula is C11H14O3. The molecule has 0 aromatic carbocycles. The highest BCUT2D eigenvalue weighted by atomic mass is 16.5. The van der Waals surface area contributed by atoms with Gasteiger partial charge in [0.05, 0.1) is 13.7 Å². The van der Waals surface area contributed by atoms with Crippen LogP contribution in [0.2, 0.25) is 0 Å². The van der Waals surface area contributed by atoms with Crippen LogP contribution in [-0.4, -0.2) is 20.0 Å². The molecule has 0 radical (unpaired) electrons. The van der Waals surface area contributed by atoms with E-state index in [9.17, 15) is 4.79 Å². The van der Waals surface area contributed by atoms with E-state index < -0.39 is 0 Å². The third-order valence-electron chi connectivity index (χ3n) is 1.79. The second-order valence-corrected chi connectivity index (χ2v) is 2.79. The summed E-state index contributed by atoms with van der Waals surface area (Å²) in [5.74, 6) is 1.62. The Morgan fingerprint density at radius 1 is 1.36 bits per heavy atom. The number of carbonyl (C=O) groups is 1. The second-order valence-electron chi connectivity index (χ2n) is 2.79. The Bertz CT molecular complexity index is 274. The Hall–Kier alpha value is -1.51. The molecule has 1 aliphatic rings. The van der Waals surface area contributed by atoms with Gasteiger partial charge in [-0.25, -0.2) is 0 Å². The van der Waals surface area contributed by atoms with Crippen LogP contribution in [0.25, 0.3) is 0 Å². The summed E-state index contributed by atoms with van der Waals surface area (Å²) in [6, 6.07) is 0. The minimum Gasteiger partial charge on any atom is -0.497 e.